The third kappa shape index (κ3) is 3.22. The molecule has 0 fully saturated rings. The Morgan fingerprint density at radius 2 is 2.08 bits per heavy atom. The van der Waals surface area contributed by atoms with E-state index in [1.165, 1.54) is 7.11 Å². The van der Waals surface area contributed by atoms with E-state index in [1.54, 1.807) is 0 Å². The average Bonchev–Trinajstić information content (AvgIpc) is 2.02. The molecule has 1 N–H and O–H groups in total. The highest BCUT2D eigenvalue weighted by Gasteiger charge is 2.30. The zero-order valence-corrected chi connectivity index (χ0v) is 8.26. The molecule has 0 radical (unpaired) electrons. The monoisotopic (exact) mass is 174 g/mol. The van der Waals surface area contributed by atoms with Crippen molar-refractivity contribution in [1.29, 1.82) is 0 Å². The van der Waals surface area contributed by atoms with Gasteiger partial charge in [-0.1, -0.05) is 6.92 Å². The smallest absolute Gasteiger partial charge is 0.311 e. The molecule has 0 bridgehead atoms. The maximum atomic E-state index is 11.2. The van der Waals surface area contributed by atoms with Crippen LogP contribution in [0.5, 0.6) is 0 Å². The van der Waals surface area contributed by atoms with Crippen LogP contribution >= 0.6 is 0 Å². The first-order chi connectivity index (χ1) is 5.44. The van der Waals surface area contributed by atoms with E-state index in [0.717, 1.165) is 0 Å². The molecular formula is C9H18O3. The number of ether oxygens (including phenoxy) is 1. The maximum Gasteiger partial charge on any atom is 0.311 e. The molecule has 0 aromatic rings. The Morgan fingerprint density at radius 1 is 1.58 bits per heavy atom. The lowest BCUT2D eigenvalue weighted by Gasteiger charge is -2.23. The van der Waals surface area contributed by atoms with Crippen LogP contribution < -0.4 is 0 Å². The highest BCUT2D eigenvalue weighted by Crippen LogP contribution is 2.26. The van der Waals surface area contributed by atoms with Gasteiger partial charge in [0.25, 0.3) is 0 Å². The standard InChI is InChI=1S/C9H18O3/c1-7(6-10)5-9(2,3)8(11)12-4/h7,10H,5-6H2,1-4H3. The van der Waals surface area contributed by atoms with E-state index in [4.69, 9.17) is 5.11 Å². The van der Waals surface area contributed by atoms with E-state index in [9.17, 15) is 4.79 Å². The predicted octanol–water partition coefficient (Wildman–Crippen LogP) is 1.20. The van der Waals surface area contributed by atoms with Crippen LogP contribution in [0.15, 0.2) is 0 Å². The molecule has 0 aliphatic carbocycles. The van der Waals surface area contributed by atoms with Gasteiger partial charge in [-0.15, -0.1) is 0 Å². The number of hydrogen-bond acceptors (Lipinski definition) is 3. The first kappa shape index (κ1) is 11.4. The number of rotatable bonds is 4. The van der Waals surface area contributed by atoms with Crippen LogP contribution in [0.3, 0.4) is 0 Å². The minimum Gasteiger partial charge on any atom is -0.469 e. The summed E-state index contributed by atoms with van der Waals surface area (Å²) in [4.78, 5) is 11.2. The number of esters is 1. The van der Waals surface area contributed by atoms with Crippen molar-refractivity contribution < 1.29 is 14.6 Å². The Morgan fingerprint density at radius 3 is 2.42 bits per heavy atom. The van der Waals surface area contributed by atoms with Gasteiger partial charge in [0.15, 0.2) is 0 Å². The molecule has 0 saturated carbocycles. The van der Waals surface area contributed by atoms with Crippen molar-refractivity contribution in [2.24, 2.45) is 11.3 Å². The van der Waals surface area contributed by atoms with Gasteiger partial charge in [0, 0.05) is 6.61 Å². The van der Waals surface area contributed by atoms with Crippen molar-refractivity contribution in [2.75, 3.05) is 13.7 Å². The molecule has 1 atom stereocenters. The van der Waals surface area contributed by atoms with Crippen molar-refractivity contribution in [3.8, 4) is 0 Å². The van der Waals surface area contributed by atoms with Gasteiger partial charge in [-0.05, 0) is 26.2 Å². The Kier molecular flexibility index (Phi) is 4.24. The molecular weight excluding hydrogens is 156 g/mol. The van der Waals surface area contributed by atoms with Gasteiger partial charge < -0.3 is 9.84 Å². The Bertz CT molecular complexity index is 152. The van der Waals surface area contributed by atoms with E-state index in [2.05, 4.69) is 4.74 Å². The number of aliphatic hydroxyl groups is 1. The van der Waals surface area contributed by atoms with Crippen molar-refractivity contribution >= 4 is 5.97 Å². The van der Waals surface area contributed by atoms with Gasteiger partial charge >= 0.3 is 5.97 Å². The molecule has 72 valence electrons. The first-order valence-corrected chi connectivity index (χ1v) is 4.13. The zero-order chi connectivity index (χ0) is 9.78. The second-order valence-corrected chi connectivity index (χ2v) is 3.87. The summed E-state index contributed by atoms with van der Waals surface area (Å²) in [5.74, 6) is -0.0816. The second-order valence-electron chi connectivity index (χ2n) is 3.87. The molecule has 0 saturated heterocycles. The van der Waals surface area contributed by atoms with Gasteiger partial charge in [0.2, 0.25) is 0 Å². The molecule has 0 amide bonds. The van der Waals surface area contributed by atoms with Crippen LogP contribution in [0.1, 0.15) is 27.2 Å². The molecule has 1 unspecified atom stereocenters. The fourth-order valence-corrected chi connectivity index (χ4v) is 1.30. The number of hydrogen-bond donors (Lipinski definition) is 1. The fraction of sp³-hybridized carbons (Fsp3) is 0.889. The molecule has 12 heavy (non-hydrogen) atoms. The third-order valence-electron chi connectivity index (χ3n) is 1.91. The minimum absolute atomic E-state index is 0.112. The van der Waals surface area contributed by atoms with Crippen LogP contribution in [-0.4, -0.2) is 24.8 Å². The van der Waals surface area contributed by atoms with Crippen LogP contribution in [0.2, 0.25) is 0 Å². The molecule has 0 rings (SSSR count). The lowest BCUT2D eigenvalue weighted by atomic mass is 9.84. The summed E-state index contributed by atoms with van der Waals surface area (Å²) in [5, 5.41) is 8.80. The number of carbonyl (C=O) groups excluding carboxylic acids is 1. The van der Waals surface area contributed by atoms with Crippen molar-refractivity contribution in [3.63, 3.8) is 0 Å². The van der Waals surface area contributed by atoms with Crippen molar-refractivity contribution in [3.05, 3.63) is 0 Å². The molecule has 3 heteroatoms. The zero-order valence-electron chi connectivity index (χ0n) is 8.26. The largest absolute Gasteiger partial charge is 0.469 e. The molecule has 0 aliphatic heterocycles. The Balaban J connectivity index is 4.11. The summed E-state index contributed by atoms with van der Waals surface area (Å²) in [6, 6.07) is 0. The summed E-state index contributed by atoms with van der Waals surface area (Å²) >= 11 is 0. The first-order valence-electron chi connectivity index (χ1n) is 4.13. The van der Waals surface area contributed by atoms with Gasteiger partial charge in [-0.3, -0.25) is 4.79 Å². The topological polar surface area (TPSA) is 46.5 Å². The normalized spacial score (nSPS) is 14.1. The number of aliphatic hydroxyl groups excluding tert-OH is 1. The van der Waals surface area contributed by atoms with Gasteiger partial charge in [0.05, 0.1) is 12.5 Å². The second kappa shape index (κ2) is 4.45. The van der Waals surface area contributed by atoms with Crippen LogP contribution in [0.4, 0.5) is 0 Å². The van der Waals surface area contributed by atoms with E-state index < -0.39 is 5.41 Å². The molecule has 0 spiro atoms. The average molecular weight is 174 g/mol. The van der Waals surface area contributed by atoms with E-state index in [1.807, 2.05) is 20.8 Å². The van der Waals surface area contributed by atoms with Crippen LogP contribution in [0.25, 0.3) is 0 Å². The van der Waals surface area contributed by atoms with Crippen molar-refractivity contribution in [2.45, 2.75) is 27.2 Å². The Hall–Kier alpha value is -0.570. The Labute approximate surface area is 73.7 Å². The van der Waals surface area contributed by atoms with E-state index in [-0.39, 0.29) is 18.5 Å². The number of carbonyl (C=O) groups is 1. The molecule has 3 nitrogen and oxygen atoms in total. The molecule has 0 heterocycles. The summed E-state index contributed by atoms with van der Waals surface area (Å²) < 4.78 is 4.64. The third-order valence-corrected chi connectivity index (χ3v) is 1.91. The molecule has 0 aromatic carbocycles. The van der Waals surface area contributed by atoms with Crippen LogP contribution in [0, 0.1) is 11.3 Å². The summed E-state index contributed by atoms with van der Waals surface area (Å²) in [7, 11) is 1.38. The van der Waals surface area contributed by atoms with Crippen molar-refractivity contribution in [1.82, 2.24) is 0 Å². The van der Waals surface area contributed by atoms with Crippen LogP contribution in [-0.2, 0) is 9.53 Å². The molecule has 0 aliphatic rings. The van der Waals surface area contributed by atoms with Gasteiger partial charge in [-0.25, -0.2) is 0 Å². The summed E-state index contributed by atoms with van der Waals surface area (Å²) in [5.41, 5.74) is -0.489. The van der Waals surface area contributed by atoms with Gasteiger partial charge in [-0.2, -0.15) is 0 Å². The van der Waals surface area contributed by atoms with E-state index in [0.29, 0.717) is 6.42 Å². The highest BCUT2D eigenvalue weighted by molar-refractivity contribution is 5.75. The lowest BCUT2D eigenvalue weighted by molar-refractivity contribution is -0.151. The summed E-state index contributed by atoms with van der Waals surface area (Å²) in [6.07, 6.45) is 0.649. The quantitative estimate of drug-likeness (QED) is 0.651. The summed E-state index contributed by atoms with van der Waals surface area (Å²) in [6.45, 7) is 5.67. The minimum atomic E-state index is -0.489. The fourth-order valence-electron chi connectivity index (χ4n) is 1.30. The predicted molar refractivity (Wildman–Crippen MR) is 46.7 cm³/mol. The maximum absolute atomic E-state index is 11.2. The van der Waals surface area contributed by atoms with Gasteiger partial charge in [0.1, 0.15) is 0 Å². The van der Waals surface area contributed by atoms with E-state index >= 15 is 0 Å². The lowest BCUT2D eigenvalue weighted by Crippen LogP contribution is -2.28. The molecule has 0 aromatic heterocycles. The SMILES string of the molecule is COC(=O)C(C)(C)CC(C)CO. The highest BCUT2D eigenvalue weighted by atomic mass is 16.5. The number of methoxy groups -OCH3 is 1.